The Bertz CT molecular complexity index is 355. The van der Waals surface area contributed by atoms with Crippen LogP contribution >= 0.6 is 0 Å². The van der Waals surface area contributed by atoms with Crippen LogP contribution in [-0.4, -0.2) is 19.9 Å². The van der Waals surface area contributed by atoms with Crippen LogP contribution in [0.25, 0.3) is 11.2 Å². The maximum Gasteiger partial charge on any atom is 0.180 e. The van der Waals surface area contributed by atoms with E-state index in [1.807, 2.05) is 0 Å². The summed E-state index contributed by atoms with van der Waals surface area (Å²) in [6.45, 7) is 0. The van der Waals surface area contributed by atoms with Crippen LogP contribution in [0.15, 0.2) is 18.8 Å². The van der Waals surface area contributed by atoms with Gasteiger partial charge in [-0.2, -0.15) is 0 Å². The molecule has 0 aromatic carbocycles. The van der Waals surface area contributed by atoms with Gasteiger partial charge in [0.05, 0.1) is 12.5 Å². The maximum atomic E-state index is 7.04. The van der Waals surface area contributed by atoms with Gasteiger partial charge in [-0.15, -0.1) is 0 Å². The molecular weight excluding hydrogens is 116 g/mol. The Hall–Kier alpha value is -1.45. The largest absolute Gasteiger partial charge is 0.342 e. The number of hydrogen-bond donors (Lipinski definition) is 1. The standard InChI is InChI=1S/C5H4N4/c1-4-5(8-2-6-1)9-3-7-4/h1-3H,(H,6,7,8,9)/i2D. The van der Waals surface area contributed by atoms with Gasteiger partial charge in [-0.3, -0.25) is 0 Å². The average molecular weight is 121 g/mol. The number of nitrogens with one attached hydrogen (secondary N) is 1. The summed E-state index contributed by atoms with van der Waals surface area (Å²) in [5.74, 6) is 0. The van der Waals surface area contributed by atoms with E-state index in [9.17, 15) is 0 Å². The first kappa shape index (κ1) is 3.55. The fourth-order valence-electron chi connectivity index (χ4n) is 0.651. The predicted octanol–water partition coefficient (Wildman–Crippen LogP) is 0.353. The lowest BCUT2D eigenvalue weighted by molar-refractivity contribution is 1.20. The van der Waals surface area contributed by atoms with Crippen molar-refractivity contribution >= 4 is 11.2 Å². The fourth-order valence-corrected chi connectivity index (χ4v) is 0.651. The molecule has 44 valence electrons. The second kappa shape index (κ2) is 1.51. The van der Waals surface area contributed by atoms with E-state index in [0.717, 1.165) is 5.52 Å². The van der Waals surface area contributed by atoms with E-state index in [2.05, 4.69) is 19.9 Å². The van der Waals surface area contributed by atoms with Crippen molar-refractivity contribution in [2.24, 2.45) is 0 Å². The lowest BCUT2D eigenvalue weighted by Crippen LogP contribution is -1.76. The Kier molecular flexibility index (Phi) is 0.597. The van der Waals surface area contributed by atoms with Crippen molar-refractivity contribution in [2.75, 3.05) is 0 Å². The first-order chi connectivity index (χ1) is 4.86. The fraction of sp³-hybridized carbons (Fsp3) is 0. The summed E-state index contributed by atoms with van der Waals surface area (Å²) in [6.07, 6.45) is 3.07. The molecule has 0 saturated heterocycles. The van der Waals surface area contributed by atoms with E-state index in [0.29, 0.717) is 5.65 Å². The highest BCUT2D eigenvalue weighted by Gasteiger charge is 1.91. The van der Waals surface area contributed by atoms with E-state index in [1.54, 1.807) is 0 Å². The molecule has 2 heterocycles. The summed E-state index contributed by atoms with van der Waals surface area (Å²) < 4.78 is 7.04. The van der Waals surface area contributed by atoms with Crippen LogP contribution in [0.3, 0.4) is 0 Å². The normalized spacial score (nSPS) is 11.8. The van der Waals surface area contributed by atoms with Crippen LogP contribution in [0.2, 0.25) is 0 Å². The number of aromatic amines is 1. The lowest BCUT2D eigenvalue weighted by atomic mass is 10.6. The van der Waals surface area contributed by atoms with Gasteiger partial charge in [-0.1, -0.05) is 0 Å². The van der Waals surface area contributed by atoms with Crippen LogP contribution in [0.1, 0.15) is 1.37 Å². The minimum Gasteiger partial charge on any atom is -0.342 e. The number of nitrogens with zero attached hydrogens (tertiary/aromatic N) is 3. The SMILES string of the molecule is [2H]c1ncc2[nH]cnc2n1. The Labute approximate surface area is 52.4 Å². The first-order valence-electron chi connectivity index (χ1n) is 2.99. The molecule has 0 fully saturated rings. The minimum atomic E-state index is -0.000370. The molecule has 0 spiro atoms. The zero-order chi connectivity index (χ0) is 6.97. The molecule has 0 aliphatic carbocycles. The van der Waals surface area contributed by atoms with E-state index in [4.69, 9.17) is 1.37 Å². The van der Waals surface area contributed by atoms with Gasteiger partial charge in [0.2, 0.25) is 0 Å². The summed E-state index contributed by atoms with van der Waals surface area (Å²) in [5.41, 5.74) is 1.30. The van der Waals surface area contributed by atoms with E-state index < -0.39 is 0 Å². The van der Waals surface area contributed by atoms with Crippen molar-refractivity contribution in [1.82, 2.24) is 19.9 Å². The molecule has 2 rings (SSSR count). The minimum absolute atomic E-state index is 0.000370. The van der Waals surface area contributed by atoms with Gasteiger partial charge in [-0.05, 0) is 0 Å². The molecule has 0 amide bonds. The van der Waals surface area contributed by atoms with Crippen molar-refractivity contribution in [3.05, 3.63) is 18.8 Å². The van der Waals surface area contributed by atoms with Gasteiger partial charge in [0, 0.05) is 0 Å². The molecule has 9 heavy (non-hydrogen) atoms. The van der Waals surface area contributed by atoms with Gasteiger partial charge in [0.15, 0.2) is 5.65 Å². The van der Waals surface area contributed by atoms with E-state index in [1.165, 1.54) is 12.5 Å². The molecular formula is C5H4N4. The molecule has 1 N–H and O–H groups in total. The first-order valence-corrected chi connectivity index (χ1v) is 2.49. The van der Waals surface area contributed by atoms with Crippen LogP contribution < -0.4 is 0 Å². The van der Waals surface area contributed by atoms with Crippen molar-refractivity contribution in [3.63, 3.8) is 0 Å². The highest BCUT2D eigenvalue weighted by Crippen LogP contribution is 1.99. The summed E-state index contributed by atoms with van der Waals surface area (Å²) in [5, 5.41) is 0. The molecule has 4 heteroatoms. The van der Waals surface area contributed by atoms with Crippen LogP contribution in [0.5, 0.6) is 0 Å². The zero-order valence-electron chi connectivity index (χ0n) is 5.50. The molecule has 0 aliphatic heterocycles. The molecule has 0 aliphatic rings. The van der Waals surface area contributed by atoms with Gasteiger partial charge >= 0.3 is 0 Å². The van der Waals surface area contributed by atoms with Crippen molar-refractivity contribution < 1.29 is 1.37 Å². The van der Waals surface area contributed by atoms with Crippen molar-refractivity contribution in [2.45, 2.75) is 0 Å². The number of fused-ring (bicyclic) bond motifs is 1. The second-order valence-corrected chi connectivity index (χ2v) is 1.61. The third-order valence-corrected chi connectivity index (χ3v) is 1.06. The summed E-state index contributed by atoms with van der Waals surface area (Å²) >= 11 is 0. The number of H-pyrrole nitrogens is 1. The van der Waals surface area contributed by atoms with Crippen LogP contribution in [-0.2, 0) is 0 Å². The second-order valence-electron chi connectivity index (χ2n) is 1.61. The molecule has 0 bridgehead atoms. The number of hydrogen-bond acceptors (Lipinski definition) is 3. The summed E-state index contributed by atoms with van der Waals surface area (Å²) in [4.78, 5) is 14.1. The van der Waals surface area contributed by atoms with E-state index in [-0.39, 0.29) is 6.30 Å². The molecule has 0 atom stereocenters. The van der Waals surface area contributed by atoms with Crippen molar-refractivity contribution in [3.8, 4) is 0 Å². The maximum absolute atomic E-state index is 7.04. The number of imidazole rings is 1. The third-order valence-electron chi connectivity index (χ3n) is 1.06. The van der Waals surface area contributed by atoms with Gasteiger partial charge < -0.3 is 4.98 Å². The Morgan fingerprint density at radius 2 is 2.56 bits per heavy atom. The molecule has 4 nitrogen and oxygen atoms in total. The van der Waals surface area contributed by atoms with Gasteiger partial charge in [0.25, 0.3) is 0 Å². The highest BCUT2D eigenvalue weighted by molar-refractivity contribution is 5.67. The van der Waals surface area contributed by atoms with Crippen molar-refractivity contribution in [1.29, 1.82) is 0 Å². The molecule has 0 saturated carbocycles. The van der Waals surface area contributed by atoms with Crippen LogP contribution in [0.4, 0.5) is 0 Å². The molecule has 0 radical (unpaired) electrons. The Morgan fingerprint density at radius 1 is 1.56 bits per heavy atom. The third kappa shape index (κ3) is 0.561. The lowest BCUT2D eigenvalue weighted by Gasteiger charge is -1.80. The average Bonchev–Trinajstić information content (AvgIpc) is 2.33. The van der Waals surface area contributed by atoms with Gasteiger partial charge in [-0.25, -0.2) is 15.0 Å². The Balaban J connectivity index is 2.86. The molecule has 2 aromatic heterocycles. The molecule has 0 unspecified atom stereocenters. The summed E-state index contributed by atoms with van der Waals surface area (Å²) in [7, 11) is 0. The summed E-state index contributed by atoms with van der Waals surface area (Å²) in [6, 6.07) is 0. The van der Waals surface area contributed by atoms with E-state index >= 15 is 0 Å². The van der Waals surface area contributed by atoms with Crippen LogP contribution in [0, 0.1) is 0 Å². The zero-order valence-corrected chi connectivity index (χ0v) is 4.50. The monoisotopic (exact) mass is 121 g/mol. The topological polar surface area (TPSA) is 54.5 Å². The number of rotatable bonds is 0. The highest BCUT2D eigenvalue weighted by atomic mass is 15.0. The number of aromatic nitrogens is 4. The smallest absolute Gasteiger partial charge is 0.180 e. The van der Waals surface area contributed by atoms with Gasteiger partial charge in [0.1, 0.15) is 13.2 Å². The Morgan fingerprint density at radius 3 is 3.56 bits per heavy atom. The molecule has 2 aromatic rings. The predicted molar refractivity (Wildman–Crippen MR) is 31.7 cm³/mol. The quantitative estimate of drug-likeness (QED) is 0.547.